The first kappa shape index (κ1) is 16.9. The van der Waals surface area contributed by atoms with Gasteiger partial charge in [-0.25, -0.2) is 0 Å². The number of rotatable bonds is 5. The summed E-state index contributed by atoms with van der Waals surface area (Å²) in [6.07, 6.45) is 1.66. The van der Waals surface area contributed by atoms with Crippen LogP contribution in [0.5, 0.6) is 0 Å². The van der Waals surface area contributed by atoms with Crippen molar-refractivity contribution in [2.75, 3.05) is 0 Å². The molecule has 0 saturated carbocycles. The van der Waals surface area contributed by atoms with Gasteiger partial charge in [-0.1, -0.05) is 37.1 Å². The fraction of sp³-hybridized carbons (Fsp3) is 0.500. The van der Waals surface area contributed by atoms with Crippen LogP contribution in [0.1, 0.15) is 36.5 Å². The van der Waals surface area contributed by atoms with E-state index in [0.29, 0.717) is 6.54 Å². The third-order valence-corrected chi connectivity index (χ3v) is 2.89. The lowest BCUT2D eigenvalue weighted by molar-refractivity contribution is -0.122. The number of amides is 1. The number of carbonyl (C=O) groups excluding carboxylic acids is 1. The molecule has 0 aliphatic carbocycles. The molecule has 0 radical (unpaired) electrons. The van der Waals surface area contributed by atoms with E-state index in [1.807, 2.05) is 6.92 Å². The van der Waals surface area contributed by atoms with Crippen LogP contribution in [0.25, 0.3) is 0 Å². The molecule has 1 aromatic rings. The molecule has 0 heterocycles. The van der Waals surface area contributed by atoms with Crippen LogP contribution < -0.4 is 11.1 Å². The normalized spacial score (nSPS) is 11.6. The lowest BCUT2D eigenvalue weighted by Crippen LogP contribution is -2.40. The second-order valence-electron chi connectivity index (χ2n) is 4.54. The lowest BCUT2D eigenvalue weighted by atomic mass is 10.1. The molecular formula is C14H23ClN2O. The smallest absolute Gasteiger partial charge is 0.237 e. The number of nitrogens with two attached hydrogens (primary N) is 1. The SMILES string of the molecule is CCCC(N)C(=O)NCc1ccc(C)cc1C.Cl. The predicted molar refractivity (Wildman–Crippen MR) is 77.9 cm³/mol. The highest BCUT2D eigenvalue weighted by Gasteiger charge is 2.11. The third-order valence-electron chi connectivity index (χ3n) is 2.89. The zero-order valence-electron chi connectivity index (χ0n) is 11.3. The van der Waals surface area contributed by atoms with E-state index in [1.165, 1.54) is 11.1 Å². The van der Waals surface area contributed by atoms with Crippen molar-refractivity contribution < 1.29 is 4.79 Å². The number of halogens is 1. The topological polar surface area (TPSA) is 55.1 Å². The Morgan fingerprint density at radius 2 is 2.06 bits per heavy atom. The summed E-state index contributed by atoms with van der Waals surface area (Å²) in [7, 11) is 0. The molecule has 0 fully saturated rings. The molecular weight excluding hydrogens is 248 g/mol. The number of aryl methyl sites for hydroxylation is 2. The Kier molecular flexibility index (Phi) is 7.64. The average molecular weight is 271 g/mol. The van der Waals surface area contributed by atoms with Crippen LogP contribution in [0.3, 0.4) is 0 Å². The maximum Gasteiger partial charge on any atom is 0.237 e. The van der Waals surface area contributed by atoms with E-state index in [-0.39, 0.29) is 24.4 Å². The molecule has 1 amide bonds. The summed E-state index contributed by atoms with van der Waals surface area (Å²) in [5, 5.41) is 2.88. The molecule has 0 spiro atoms. The Hall–Kier alpha value is -1.06. The van der Waals surface area contributed by atoms with Crippen LogP contribution in [0.4, 0.5) is 0 Å². The minimum atomic E-state index is -0.384. The van der Waals surface area contributed by atoms with E-state index in [0.717, 1.165) is 18.4 Å². The molecule has 102 valence electrons. The van der Waals surface area contributed by atoms with Crippen LogP contribution in [0.15, 0.2) is 18.2 Å². The van der Waals surface area contributed by atoms with E-state index in [9.17, 15) is 4.79 Å². The van der Waals surface area contributed by atoms with Gasteiger partial charge in [-0.15, -0.1) is 12.4 Å². The summed E-state index contributed by atoms with van der Waals surface area (Å²) >= 11 is 0. The van der Waals surface area contributed by atoms with Crippen molar-refractivity contribution in [1.29, 1.82) is 0 Å². The molecule has 3 N–H and O–H groups in total. The molecule has 0 bridgehead atoms. The lowest BCUT2D eigenvalue weighted by Gasteiger charge is -2.12. The van der Waals surface area contributed by atoms with Gasteiger partial charge in [-0.2, -0.15) is 0 Å². The van der Waals surface area contributed by atoms with Crippen molar-refractivity contribution >= 4 is 18.3 Å². The summed E-state index contributed by atoms with van der Waals surface area (Å²) in [6, 6.07) is 5.84. The van der Waals surface area contributed by atoms with Gasteiger partial charge in [0, 0.05) is 6.54 Å². The van der Waals surface area contributed by atoms with Gasteiger partial charge in [0.1, 0.15) is 0 Å². The second kappa shape index (κ2) is 8.11. The van der Waals surface area contributed by atoms with E-state index >= 15 is 0 Å². The summed E-state index contributed by atoms with van der Waals surface area (Å²) in [6.45, 7) is 6.70. The third kappa shape index (κ3) is 5.07. The van der Waals surface area contributed by atoms with Crippen molar-refractivity contribution in [3.8, 4) is 0 Å². The van der Waals surface area contributed by atoms with E-state index in [2.05, 4.69) is 37.4 Å². The van der Waals surface area contributed by atoms with Gasteiger partial charge in [0.2, 0.25) is 5.91 Å². The summed E-state index contributed by atoms with van der Waals surface area (Å²) in [5.41, 5.74) is 9.33. The summed E-state index contributed by atoms with van der Waals surface area (Å²) in [5.74, 6) is -0.0631. The Morgan fingerprint density at radius 3 is 2.61 bits per heavy atom. The molecule has 1 atom stereocenters. The molecule has 0 aromatic heterocycles. The van der Waals surface area contributed by atoms with Crippen LogP contribution in [-0.4, -0.2) is 11.9 Å². The molecule has 18 heavy (non-hydrogen) atoms. The molecule has 0 aliphatic rings. The predicted octanol–water partition coefficient (Wildman–Crippen LogP) is 2.47. The van der Waals surface area contributed by atoms with Crippen LogP contribution >= 0.6 is 12.4 Å². The number of nitrogens with one attached hydrogen (secondary N) is 1. The van der Waals surface area contributed by atoms with Crippen molar-refractivity contribution in [3.05, 3.63) is 34.9 Å². The number of hydrogen-bond donors (Lipinski definition) is 2. The van der Waals surface area contributed by atoms with E-state index < -0.39 is 0 Å². The molecule has 0 aliphatic heterocycles. The van der Waals surface area contributed by atoms with Gasteiger partial charge in [-0.3, -0.25) is 4.79 Å². The molecule has 1 unspecified atom stereocenters. The van der Waals surface area contributed by atoms with Crippen LogP contribution in [0.2, 0.25) is 0 Å². The quantitative estimate of drug-likeness (QED) is 0.864. The standard InChI is InChI=1S/C14H22N2O.ClH/c1-4-5-13(15)14(17)16-9-12-7-6-10(2)8-11(12)3;/h6-8,13H,4-5,9,15H2,1-3H3,(H,16,17);1H. The maximum atomic E-state index is 11.6. The number of carbonyl (C=O) groups is 1. The Labute approximate surface area is 116 Å². The van der Waals surface area contributed by atoms with E-state index in [4.69, 9.17) is 5.73 Å². The molecule has 1 rings (SSSR count). The average Bonchev–Trinajstić information content (AvgIpc) is 2.27. The highest BCUT2D eigenvalue weighted by Crippen LogP contribution is 2.10. The van der Waals surface area contributed by atoms with Crippen molar-refractivity contribution in [1.82, 2.24) is 5.32 Å². The Bertz CT molecular complexity index is 393. The number of benzene rings is 1. The van der Waals surface area contributed by atoms with Gasteiger partial charge in [0.05, 0.1) is 6.04 Å². The Morgan fingerprint density at radius 1 is 1.39 bits per heavy atom. The minimum absolute atomic E-state index is 0. The first-order chi connectivity index (χ1) is 8.04. The first-order valence-electron chi connectivity index (χ1n) is 6.14. The first-order valence-corrected chi connectivity index (χ1v) is 6.14. The maximum absolute atomic E-state index is 11.6. The summed E-state index contributed by atoms with van der Waals surface area (Å²) in [4.78, 5) is 11.6. The van der Waals surface area contributed by atoms with Gasteiger partial charge in [-0.05, 0) is 31.4 Å². The highest BCUT2D eigenvalue weighted by molar-refractivity contribution is 5.85. The summed E-state index contributed by atoms with van der Waals surface area (Å²) < 4.78 is 0. The number of hydrogen-bond acceptors (Lipinski definition) is 2. The van der Waals surface area contributed by atoms with Crippen molar-refractivity contribution in [2.24, 2.45) is 5.73 Å². The van der Waals surface area contributed by atoms with Crippen molar-refractivity contribution in [2.45, 2.75) is 46.2 Å². The zero-order chi connectivity index (χ0) is 12.8. The van der Waals surface area contributed by atoms with Crippen LogP contribution in [-0.2, 0) is 11.3 Å². The monoisotopic (exact) mass is 270 g/mol. The minimum Gasteiger partial charge on any atom is -0.351 e. The van der Waals surface area contributed by atoms with Gasteiger partial charge < -0.3 is 11.1 Å². The Balaban J connectivity index is 0.00000289. The molecule has 0 saturated heterocycles. The van der Waals surface area contributed by atoms with Crippen molar-refractivity contribution in [3.63, 3.8) is 0 Å². The fourth-order valence-corrected chi connectivity index (χ4v) is 1.80. The van der Waals surface area contributed by atoms with Gasteiger partial charge in [0.25, 0.3) is 0 Å². The molecule has 1 aromatic carbocycles. The van der Waals surface area contributed by atoms with Gasteiger partial charge >= 0.3 is 0 Å². The van der Waals surface area contributed by atoms with E-state index in [1.54, 1.807) is 0 Å². The second-order valence-corrected chi connectivity index (χ2v) is 4.54. The van der Waals surface area contributed by atoms with Crippen LogP contribution in [0, 0.1) is 13.8 Å². The van der Waals surface area contributed by atoms with Gasteiger partial charge in [0.15, 0.2) is 0 Å². The largest absolute Gasteiger partial charge is 0.351 e. The molecule has 4 heteroatoms. The zero-order valence-corrected chi connectivity index (χ0v) is 12.1. The fourth-order valence-electron chi connectivity index (χ4n) is 1.80. The molecule has 3 nitrogen and oxygen atoms in total. The highest BCUT2D eigenvalue weighted by atomic mass is 35.5.